The second-order valence-corrected chi connectivity index (χ2v) is 8.32. The number of hydrogen-bond donors (Lipinski definition) is 1. The molecule has 0 spiro atoms. The van der Waals surface area contributed by atoms with Gasteiger partial charge in [-0.15, -0.1) is 0 Å². The minimum atomic E-state index is -4.41. The predicted octanol–water partition coefficient (Wildman–Crippen LogP) is 5.31. The highest BCUT2D eigenvalue weighted by atomic mass is 19.4. The van der Waals surface area contributed by atoms with Crippen LogP contribution in [0.3, 0.4) is 0 Å². The molecule has 4 nitrogen and oxygen atoms in total. The SMILES string of the molecule is O=C(N[C@H]1C[C@H]1c1ccccc1)N1CCc2cccnc2C1c1ccc(C(F)(F)F)cc1. The highest BCUT2D eigenvalue weighted by Crippen LogP contribution is 2.41. The third-order valence-corrected chi connectivity index (χ3v) is 6.26. The van der Waals surface area contributed by atoms with Crippen LogP contribution < -0.4 is 5.32 Å². The Labute approximate surface area is 184 Å². The molecule has 2 aliphatic rings. The summed E-state index contributed by atoms with van der Waals surface area (Å²) < 4.78 is 39.1. The number of pyridine rings is 1. The zero-order valence-electron chi connectivity index (χ0n) is 17.2. The Morgan fingerprint density at radius 2 is 1.72 bits per heavy atom. The molecule has 1 aliphatic heterocycles. The van der Waals surface area contributed by atoms with Crippen LogP contribution in [0, 0.1) is 0 Å². The van der Waals surface area contributed by atoms with E-state index in [4.69, 9.17) is 0 Å². The number of rotatable bonds is 3. The van der Waals surface area contributed by atoms with Crippen molar-refractivity contribution in [2.24, 2.45) is 0 Å². The Kier molecular flexibility index (Phi) is 5.12. The molecule has 1 N–H and O–H groups in total. The summed E-state index contributed by atoms with van der Waals surface area (Å²) in [6.07, 6.45) is -1.22. The third-order valence-electron chi connectivity index (χ3n) is 6.26. The van der Waals surface area contributed by atoms with Crippen LogP contribution in [0.2, 0.25) is 0 Å². The number of nitrogens with one attached hydrogen (secondary N) is 1. The van der Waals surface area contributed by atoms with E-state index in [0.717, 1.165) is 24.1 Å². The first-order valence-electron chi connectivity index (χ1n) is 10.6. The lowest BCUT2D eigenvalue weighted by Gasteiger charge is -2.37. The lowest BCUT2D eigenvalue weighted by molar-refractivity contribution is -0.137. The smallest absolute Gasteiger partial charge is 0.335 e. The summed E-state index contributed by atoms with van der Waals surface area (Å²) in [4.78, 5) is 19.4. The number of amides is 2. The van der Waals surface area contributed by atoms with Crippen molar-refractivity contribution in [3.8, 4) is 0 Å². The van der Waals surface area contributed by atoms with E-state index >= 15 is 0 Å². The summed E-state index contributed by atoms with van der Waals surface area (Å²) in [5.41, 5.74) is 2.82. The Bertz CT molecular complexity index is 1120. The normalized spacial score (nSPS) is 22.2. The highest BCUT2D eigenvalue weighted by molar-refractivity contribution is 5.77. The monoisotopic (exact) mass is 437 g/mol. The summed E-state index contributed by atoms with van der Waals surface area (Å²) in [5.74, 6) is 0.292. The Morgan fingerprint density at radius 3 is 2.44 bits per heavy atom. The minimum Gasteiger partial charge on any atom is -0.335 e. The number of aromatic nitrogens is 1. The van der Waals surface area contributed by atoms with Gasteiger partial charge in [0, 0.05) is 24.7 Å². The van der Waals surface area contributed by atoms with Gasteiger partial charge in [0.2, 0.25) is 0 Å². The Morgan fingerprint density at radius 1 is 0.969 bits per heavy atom. The van der Waals surface area contributed by atoms with E-state index < -0.39 is 17.8 Å². The van der Waals surface area contributed by atoms with Crippen LogP contribution in [0.1, 0.15) is 46.3 Å². The van der Waals surface area contributed by atoms with Crippen molar-refractivity contribution < 1.29 is 18.0 Å². The van der Waals surface area contributed by atoms with Crippen molar-refractivity contribution in [1.29, 1.82) is 0 Å². The first-order valence-corrected chi connectivity index (χ1v) is 10.6. The first kappa shape index (κ1) is 20.5. The molecule has 3 atom stereocenters. The number of hydrogen-bond acceptors (Lipinski definition) is 2. The number of nitrogens with zero attached hydrogens (tertiary/aromatic N) is 2. The minimum absolute atomic E-state index is 0.0586. The maximum Gasteiger partial charge on any atom is 0.416 e. The summed E-state index contributed by atoms with van der Waals surface area (Å²) in [7, 11) is 0. The van der Waals surface area contributed by atoms with Crippen LogP contribution in [-0.2, 0) is 12.6 Å². The molecule has 1 aromatic heterocycles. The molecule has 1 saturated carbocycles. The van der Waals surface area contributed by atoms with Gasteiger partial charge in [-0.05, 0) is 47.7 Å². The van der Waals surface area contributed by atoms with Crippen molar-refractivity contribution >= 4 is 6.03 Å². The van der Waals surface area contributed by atoms with E-state index in [-0.39, 0.29) is 12.1 Å². The van der Waals surface area contributed by atoms with E-state index in [0.29, 0.717) is 30.1 Å². The average Bonchev–Trinajstić information content (AvgIpc) is 3.57. The van der Waals surface area contributed by atoms with Crippen molar-refractivity contribution in [3.05, 3.63) is 101 Å². The van der Waals surface area contributed by atoms with Crippen molar-refractivity contribution in [2.75, 3.05) is 6.54 Å². The first-order chi connectivity index (χ1) is 15.4. The van der Waals surface area contributed by atoms with Crippen molar-refractivity contribution in [2.45, 2.75) is 37.0 Å². The molecule has 0 saturated heterocycles. The van der Waals surface area contributed by atoms with Crippen LogP contribution in [0.15, 0.2) is 72.9 Å². The van der Waals surface area contributed by atoms with Gasteiger partial charge in [0.25, 0.3) is 0 Å². The third kappa shape index (κ3) is 3.95. The number of fused-ring (bicyclic) bond motifs is 1. The van der Waals surface area contributed by atoms with Gasteiger partial charge in [-0.25, -0.2) is 4.79 Å². The summed E-state index contributed by atoms with van der Waals surface area (Å²) in [6, 6.07) is 18.2. The summed E-state index contributed by atoms with van der Waals surface area (Å²) in [6.45, 7) is 0.471. The molecule has 1 unspecified atom stereocenters. The van der Waals surface area contributed by atoms with Crippen LogP contribution in [0.25, 0.3) is 0 Å². The molecular formula is C25H22F3N3O. The van der Waals surface area contributed by atoms with Gasteiger partial charge in [0.1, 0.15) is 6.04 Å². The molecular weight excluding hydrogens is 415 g/mol. The van der Waals surface area contributed by atoms with Crippen molar-refractivity contribution in [3.63, 3.8) is 0 Å². The molecule has 7 heteroatoms. The van der Waals surface area contributed by atoms with E-state index in [1.807, 2.05) is 30.3 Å². The second-order valence-electron chi connectivity index (χ2n) is 8.32. The van der Waals surface area contributed by atoms with Gasteiger partial charge in [0.05, 0.1) is 11.3 Å². The molecule has 0 bridgehead atoms. The standard InChI is InChI=1S/C25H22F3N3O/c26-25(27,28)19-10-8-18(9-11-19)23-22-17(7-4-13-29-22)12-14-31(23)24(32)30-21-15-20(21)16-5-2-1-3-6-16/h1-11,13,20-21,23H,12,14-15H2,(H,30,32)/t20-,21-,23?/m0/s1. The maximum atomic E-state index is 13.3. The molecule has 1 aliphatic carbocycles. The largest absolute Gasteiger partial charge is 0.416 e. The van der Waals surface area contributed by atoms with Gasteiger partial charge in [0.15, 0.2) is 0 Å². The highest BCUT2D eigenvalue weighted by Gasteiger charge is 2.42. The number of carbonyl (C=O) groups excluding carboxylic acids is 1. The quantitative estimate of drug-likeness (QED) is 0.603. The van der Waals surface area contributed by atoms with Crippen LogP contribution in [0.4, 0.5) is 18.0 Å². The number of alkyl halides is 3. The molecule has 0 radical (unpaired) electrons. The average molecular weight is 437 g/mol. The van der Waals surface area contributed by atoms with Crippen LogP contribution in [-0.4, -0.2) is 28.5 Å². The van der Waals surface area contributed by atoms with Gasteiger partial charge in [-0.2, -0.15) is 13.2 Å². The molecule has 2 amide bonds. The van der Waals surface area contributed by atoms with Crippen molar-refractivity contribution in [1.82, 2.24) is 15.2 Å². The molecule has 32 heavy (non-hydrogen) atoms. The lowest BCUT2D eigenvalue weighted by Crippen LogP contribution is -2.47. The zero-order valence-corrected chi connectivity index (χ0v) is 17.2. The molecule has 3 aromatic rings. The van der Waals surface area contributed by atoms with Gasteiger partial charge in [-0.1, -0.05) is 48.5 Å². The zero-order chi connectivity index (χ0) is 22.3. The molecule has 2 heterocycles. The van der Waals surface area contributed by atoms with Gasteiger partial charge in [-0.3, -0.25) is 4.98 Å². The molecule has 164 valence electrons. The number of benzene rings is 2. The number of halogens is 3. The number of urea groups is 1. The maximum absolute atomic E-state index is 13.3. The fourth-order valence-corrected chi connectivity index (χ4v) is 4.50. The Balaban J connectivity index is 1.40. The predicted molar refractivity (Wildman–Crippen MR) is 114 cm³/mol. The van der Waals surface area contributed by atoms with Crippen LogP contribution in [0.5, 0.6) is 0 Å². The topological polar surface area (TPSA) is 45.2 Å². The van der Waals surface area contributed by atoms with Gasteiger partial charge >= 0.3 is 12.2 Å². The summed E-state index contributed by atoms with van der Waals surface area (Å²) in [5, 5.41) is 3.12. The Hall–Kier alpha value is -3.35. The fraction of sp³-hybridized carbons (Fsp3) is 0.280. The molecule has 2 aromatic carbocycles. The van der Waals surface area contributed by atoms with Crippen LogP contribution >= 0.6 is 0 Å². The number of carbonyl (C=O) groups is 1. The van der Waals surface area contributed by atoms with E-state index in [1.54, 1.807) is 11.1 Å². The summed E-state index contributed by atoms with van der Waals surface area (Å²) >= 11 is 0. The molecule has 5 rings (SSSR count). The molecule has 1 fully saturated rings. The lowest BCUT2D eigenvalue weighted by atomic mass is 9.92. The van der Waals surface area contributed by atoms with E-state index in [2.05, 4.69) is 22.4 Å². The fourth-order valence-electron chi connectivity index (χ4n) is 4.50. The second kappa shape index (κ2) is 7.97. The van der Waals surface area contributed by atoms with E-state index in [1.165, 1.54) is 17.7 Å². The van der Waals surface area contributed by atoms with E-state index in [9.17, 15) is 18.0 Å². The van der Waals surface area contributed by atoms with Gasteiger partial charge < -0.3 is 10.2 Å².